The highest BCUT2D eigenvalue weighted by atomic mass is 32.1. The molecule has 60 valence electrons. The van der Waals surface area contributed by atoms with Gasteiger partial charge in [-0.15, -0.1) is 0 Å². The number of pyridine rings is 1. The van der Waals surface area contributed by atoms with Crippen LogP contribution in [0, 0.1) is 0 Å². The van der Waals surface area contributed by atoms with E-state index < -0.39 is 0 Å². The Morgan fingerprint density at radius 1 is 1.50 bits per heavy atom. The predicted molar refractivity (Wildman–Crippen MR) is 48.1 cm³/mol. The van der Waals surface area contributed by atoms with Crippen molar-refractivity contribution in [3.63, 3.8) is 0 Å². The summed E-state index contributed by atoms with van der Waals surface area (Å²) < 4.78 is 0. The van der Waals surface area contributed by atoms with Crippen molar-refractivity contribution in [1.29, 1.82) is 0 Å². The van der Waals surface area contributed by atoms with E-state index in [1.54, 1.807) is 18.3 Å². The van der Waals surface area contributed by atoms with Crippen molar-refractivity contribution in [3.05, 3.63) is 28.7 Å². The lowest BCUT2D eigenvalue weighted by Crippen LogP contribution is -2.07. The average Bonchev–Trinajstić information content (AvgIpc) is 2.04. The Morgan fingerprint density at radius 3 is 3.17 bits per heavy atom. The first-order valence-electron chi connectivity index (χ1n) is 3.29. The van der Waals surface area contributed by atoms with Crippen LogP contribution in [0.15, 0.2) is 23.1 Å². The van der Waals surface area contributed by atoms with Gasteiger partial charge in [-0.2, -0.15) is 4.98 Å². The smallest absolute Gasteiger partial charge is 0.282 e. The van der Waals surface area contributed by atoms with Gasteiger partial charge in [0.25, 0.3) is 5.56 Å². The van der Waals surface area contributed by atoms with Gasteiger partial charge >= 0.3 is 0 Å². The van der Waals surface area contributed by atoms with Gasteiger partial charge in [-0.3, -0.25) is 4.79 Å². The van der Waals surface area contributed by atoms with Gasteiger partial charge in [0, 0.05) is 6.20 Å². The number of hydrogen-bond acceptors (Lipinski definition) is 5. The molecule has 5 heteroatoms. The van der Waals surface area contributed by atoms with Crippen LogP contribution in [-0.4, -0.2) is 9.97 Å². The second kappa shape index (κ2) is 2.53. The van der Waals surface area contributed by atoms with E-state index in [9.17, 15) is 4.79 Å². The zero-order valence-electron chi connectivity index (χ0n) is 6.02. The van der Waals surface area contributed by atoms with Crippen molar-refractivity contribution < 1.29 is 0 Å². The second-order valence-electron chi connectivity index (χ2n) is 2.21. The molecule has 0 amide bonds. The fraction of sp³-hybridized carbons (Fsp3) is 0. The maximum atomic E-state index is 11.2. The van der Waals surface area contributed by atoms with Gasteiger partial charge in [-0.1, -0.05) is 11.3 Å². The van der Waals surface area contributed by atoms with E-state index in [1.807, 2.05) is 0 Å². The molecule has 0 radical (unpaired) electrons. The van der Waals surface area contributed by atoms with Gasteiger partial charge in [-0.05, 0) is 12.1 Å². The van der Waals surface area contributed by atoms with E-state index in [4.69, 9.17) is 5.73 Å². The molecule has 2 N–H and O–H groups in total. The normalized spacial score (nSPS) is 10.3. The van der Waals surface area contributed by atoms with Crippen LogP contribution in [0.4, 0.5) is 5.13 Å². The van der Waals surface area contributed by atoms with Gasteiger partial charge in [0.05, 0.1) is 5.39 Å². The van der Waals surface area contributed by atoms with E-state index in [2.05, 4.69) is 9.97 Å². The summed E-state index contributed by atoms with van der Waals surface area (Å²) in [5.74, 6) is 0. The standard InChI is InChI=1S/C7H5N3OS/c8-7-10-5(11)4-2-1-3-9-6(4)12-7/h1-3H,(H2,8,10,11). The van der Waals surface area contributed by atoms with E-state index in [-0.39, 0.29) is 10.7 Å². The highest BCUT2D eigenvalue weighted by Crippen LogP contribution is 2.14. The largest absolute Gasteiger partial charge is 0.375 e. The molecular formula is C7H5N3OS. The molecule has 0 aliphatic carbocycles. The van der Waals surface area contributed by atoms with Crippen molar-refractivity contribution >= 4 is 26.7 Å². The molecule has 2 aromatic rings. The van der Waals surface area contributed by atoms with Crippen LogP contribution in [0.3, 0.4) is 0 Å². The third-order valence-electron chi connectivity index (χ3n) is 1.41. The van der Waals surface area contributed by atoms with Gasteiger partial charge in [-0.25, -0.2) is 4.98 Å². The Morgan fingerprint density at radius 2 is 2.33 bits per heavy atom. The van der Waals surface area contributed by atoms with Crippen LogP contribution in [0.5, 0.6) is 0 Å². The molecule has 0 atom stereocenters. The third kappa shape index (κ3) is 1.04. The van der Waals surface area contributed by atoms with Crippen LogP contribution in [-0.2, 0) is 0 Å². The minimum atomic E-state index is -0.311. The topological polar surface area (TPSA) is 68.9 Å². The molecule has 0 aliphatic rings. The average molecular weight is 179 g/mol. The summed E-state index contributed by atoms with van der Waals surface area (Å²) in [6.07, 6.45) is 1.62. The second-order valence-corrected chi connectivity index (χ2v) is 3.22. The molecule has 2 heterocycles. The molecular weight excluding hydrogens is 174 g/mol. The van der Waals surface area contributed by atoms with Crippen molar-refractivity contribution in [2.45, 2.75) is 0 Å². The SMILES string of the molecule is Nc1nc(=O)c2cccnc2s1. The number of nitrogen functional groups attached to an aromatic ring is 1. The van der Waals surface area contributed by atoms with E-state index in [1.165, 1.54) is 11.3 Å². The molecule has 0 saturated heterocycles. The van der Waals surface area contributed by atoms with Gasteiger partial charge in [0.2, 0.25) is 0 Å². The molecule has 0 aliphatic heterocycles. The first-order chi connectivity index (χ1) is 5.77. The quantitative estimate of drug-likeness (QED) is 0.644. The Labute approximate surface area is 71.7 Å². The maximum absolute atomic E-state index is 11.2. The summed E-state index contributed by atoms with van der Waals surface area (Å²) in [6, 6.07) is 3.39. The number of nitrogens with zero attached hydrogens (tertiary/aromatic N) is 2. The third-order valence-corrected chi connectivity index (χ3v) is 2.23. The van der Waals surface area contributed by atoms with E-state index in [0.29, 0.717) is 10.2 Å². The van der Waals surface area contributed by atoms with Crippen LogP contribution < -0.4 is 11.3 Å². The van der Waals surface area contributed by atoms with E-state index >= 15 is 0 Å². The van der Waals surface area contributed by atoms with Crippen molar-refractivity contribution in [2.24, 2.45) is 0 Å². The number of hydrogen-bond donors (Lipinski definition) is 1. The van der Waals surface area contributed by atoms with Crippen LogP contribution in [0.2, 0.25) is 0 Å². The monoisotopic (exact) mass is 179 g/mol. The summed E-state index contributed by atoms with van der Waals surface area (Å²) in [6.45, 7) is 0. The molecule has 0 fully saturated rings. The fourth-order valence-electron chi connectivity index (χ4n) is 0.917. The summed E-state index contributed by atoms with van der Waals surface area (Å²) >= 11 is 1.21. The summed E-state index contributed by atoms with van der Waals surface area (Å²) in [7, 11) is 0. The molecule has 0 saturated carbocycles. The molecule has 0 aromatic carbocycles. The van der Waals surface area contributed by atoms with Crippen molar-refractivity contribution in [1.82, 2.24) is 9.97 Å². The maximum Gasteiger partial charge on any atom is 0.282 e. The number of rotatable bonds is 0. The number of nitrogens with two attached hydrogens (primary N) is 1. The lowest BCUT2D eigenvalue weighted by Gasteiger charge is -1.93. The van der Waals surface area contributed by atoms with Crippen molar-refractivity contribution in [2.75, 3.05) is 5.73 Å². The van der Waals surface area contributed by atoms with Gasteiger partial charge in [0.1, 0.15) is 4.83 Å². The van der Waals surface area contributed by atoms with Gasteiger partial charge in [0.15, 0.2) is 5.13 Å². The minimum absolute atomic E-state index is 0.256. The lowest BCUT2D eigenvalue weighted by molar-refractivity contribution is 1.31. The first-order valence-corrected chi connectivity index (χ1v) is 4.10. The molecule has 12 heavy (non-hydrogen) atoms. The summed E-state index contributed by atoms with van der Waals surface area (Å²) in [5, 5.41) is 0.780. The van der Waals surface area contributed by atoms with Crippen LogP contribution in [0.1, 0.15) is 0 Å². The summed E-state index contributed by atoms with van der Waals surface area (Å²) in [5.41, 5.74) is 5.08. The Hall–Kier alpha value is -1.49. The number of anilines is 1. The predicted octanol–water partition coefficient (Wildman–Crippen LogP) is 0.634. The van der Waals surface area contributed by atoms with Gasteiger partial charge < -0.3 is 5.73 Å². The Balaban J connectivity index is 2.99. The highest BCUT2D eigenvalue weighted by molar-refractivity contribution is 7.21. The molecule has 0 unspecified atom stereocenters. The summed E-state index contributed by atoms with van der Waals surface area (Å²) in [4.78, 5) is 19.4. The van der Waals surface area contributed by atoms with E-state index in [0.717, 1.165) is 0 Å². The lowest BCUT2D eigenvalue weighted by atomic mass is 10.4. The molecule has 0 spiro atoms. The highest BCUT2D eigenvalue weighted by Gasteiger charge is 2.00. The molecule has 4 nitrogen and oxygen atoms in total. The molecule has 0 bridgehead atoms. The molecule has 2 aromatic heterocycles. The zero-order valence-corrected chi connectivity index (χ0v) is 6.84. The fourth-order valence-corrected chi connectivity index (χ4v) is 1.62. The zero-order chi connectivity index (χ0) is 8.55. The number of aromatic nitrogens is 2. The first kappa shape index (κ1) is 7.17. The number of fused-ring (bicyclic) bond motifs is 1. The Kier molecular flexibility index (Phi) is 1.51. The Bertz CT molecular complexity index is 479. The molecule has 2 rings (SSSR count). The van der Waals surface area contributed by atoms with Crippen molar-refractivity contribution in [3.8, 4) is 0 Å². The van der Waals surface area contributed by atoms with Crippen LogP contribution >= 0.6 is 11.3 Å². The minimum Gasteiger partial charge on any atom is -0.375 e. The van der Waals surface area contributed by atoms with Crippen LogP contribution in [0.25, 0.3) is 10.2 Å².